The second kappa shape index (κ2) is 4.66. The predicted octanol–water partition coefficient (Wildman–Crippen LogP) is 1.96. The van der Waals surface area contributed by atoms with Crippen molar-refractivity contribution in [3.8, 4) is 5.75 Å². The van der Waals surface area contributed by atoms with Crippen LogP contribution in [0.2, 0.25) is 0 Å². The Kier molecular flexibility index (Phi) is 3.25. The molecule has 3 nitrogen and oxygen atoms in total. The third-order valence-electron chi connectivity index (χ3n) is 2.83. The van der Waals surface area contributed by atoms with Gasteiger partial charge in [0.15, 0.2) is 5.78 Å². The van der Waals surface area contributed by atoms with Gasteiger partial charge in [0.05, 0.1) is 6.61 Å². The van der Waals surface area contributed by atoms with Gasteiger partial charge >= 0.3 is 0 Å². The Morgan fingerprint density at radius 1 is 1.50 bits per heavy atom. The van der Waals surface area contributed by atoms with Crippen molar-refractivity contribution in [2.45, 2.75) is 19.8 Å². The van der Waals surface area contributed by atoms with Gasteiger partial charge in [-0.1, -0.05) is 12.1 Å². The average molecular weight is 220 g/mol. The Hall–Kier alpha value is -1.35. The number of aryl methyl sites for hydroxylation is 1. The highest BCUT2D eigenvalue weighted by molar-refractivity contribution is 5.97. The Bertz CT molecular complexity index is 394. The third kappa shape index (κ3) is 2.61. The van der Waals surface area contributed by atoms with E-state index in [9.17, 15) is 4.79 Å². The first kappa shape index (κ1) is 11.1. The molecule has 86 valence electrons. The number of ketones is 1. The highest BCUT2D eigenvalue weighted by Crippen LogP contribution is 2.30. The molecule has 3 heteroatoms. The topological polar surface area (TPSA) is 46.5 Å². The Morgan fingerprint density at radius 3 is 2.88 bits per heavy atom. The molecule has 1 N–H and O–H groups in total. The molecule has 0 saturated heterocycles. The van der Waals surface area contributed by atoms with Crippen molar-refractivity contribution in [1.82, 2.24) is 0 Å². The summed E-state index contributed by atoms with van der Waals surface area (Å²) in [6, 6.07) is 5.29. The molecule has 1 aliphatic rings. The zero-order valence-electron chi connectivity index (χ0n) is 9.40. The van der Waals surface area contributed by atoms with Gasteiger partial charge in [0.25, 0.3) is 0 Å². The normalized spacial score (nSPS) is 14.9. The van der Waals surface area contributed by atoms with Crippen LogP contribution in [0, 0.1) is 12.8 Å². The number of aliphatic hydroxyl groups is 1. The maximum absolute atomic E-state index is 11.3. The maximum atomic E-state index is 11.3. The number of hydrogen-bond donors (Lipinski definition) is 1. The van der Waals surface area contributed by atoms with Gasteiger partial charge in [0.1, 0.15) is 12.4 Å². The summed E-state index contributed by atoms with van der Waals surface area (Å²) in [5, 5.41) is 8.79. The van der Waals surface area contributed by atoms with E-state index in [2.05, 4.69) is 0 Å². The minimum absolute atomic E-state index is 0.267. The molecule has 0 unspecified atom stereocenters. The first-order valence-electron chi connectivity index (χ1n) is 5.58. The van der Waals surface area contributed by atoms with Crippen molar-refractivity contribution >= 4 is 5.78 Å². The van der Waals surface area contributed by atoms with E-state index < -0.39 is 6.61 Å². The first-order valence-corrected chi connectivity index (χ1v) is 5.58. The van der Waals surface area contributed by atoms with Crippen LogP contribution < -0.4 is 4.74 Å². The van der Waals surface area contributed by atoms with Gasteiger partial charge in [0, 0.05) is 5.56 Å². The second-order valence-corrected chi connectivity index (χ2v) is 4.32. The van der Waals surface area contributed by atoms with Gasteiger partial charge in [-0.15, -0.1) is 0 Å². The van der Waals surface area contributed by atoms with Crippen LogP contribution in [0.1, 0.15) is 28.8 Å². The molecule has 0 amide bonds. The van der Waals surface area contributed by atoms with Crippen molar-refractivity contribution in [2.24, 2.45) is 5.92 Å². The summed E-state index contributed by atoms with van der Waals surface area (Å²) >= 11 is 0. The van der Waals surface area contributed by atoms with E-state index in [-0.39, 0.29) is 5.78 Å². The van der Waals surface area contributed by atoms with Crippen LogP contribution in [0.5, 0.6) is 5.75 Å². The third-order valence-corrected chi connectivity index (χ3v) is 2.83. The van der Waals surface area contributed by atoms with Gasteiger partial charge in [-0.3, -0.25) is 4.79 Å². The number of ether oxygens (including phenoxy) is 1. The van der Waals surface area contributed by atoms with E-state index in [1.54, 1.807) is 12.1 Å². The minimum Gasteiger partial charge on any atom is -0.493 e. The number of carbonyl (C=O) groups excluding carboxylic acids is 1. The van der Waals surface area contributed by atoms with E-state index in [4.69, 9.17) is 9.84 Å². The van der Waals surface area contributed by atoms with Crippen molar-refractivity contribution in [3.63, 3.8) is 0 Å². The van der Waals surface area contributed by atoms with Crippen molar-refractivity contribution in [2.75, 3.05) is 13.2 Å². The zero-order valence-corrected chi connectivity index (χ0v) is 9.40. The van der Waals surface area contributed by atoms with Crippen LogP contribution in [0.25, 0.3) is 0 Å². The van der Waals surface area contributed by atoms with Gasteiger partial charge in [-0.2, -0.15) is 0 Å². The monoisotopic (exact) mass is 220 g/mol. The molecule has 0 heterocycles. The maximum Gasteiger partial charge on any atom is 0.188 e. The molecular weight excluding hydrogens is 204 g/mol. The SMILES string of the molecule is Cc1ccc(C(=O)CO)cc1OCC1CC1. The lowest BCUT2D eigenvalue weighted by atomic mass is 10.1. The van der Waals surface area contributed by atoms with E-state index in [1.165, 1.54) is 12.8 Å². The summed E-state index contributed by atoms with van der Waals surface area (Å²) in [7, 11) is 0. The van der Waals surface area contributed by atoms with Crippen LogP contribution in [-0.2, 0) is 0 Å². The lowest BCUT2D eigenvalue weighted by molar-refractivity contribution is 0.0903. The first-order chi connectivity index (χ1) is 7.70. The molecule has 1 aliphatic carbocycles. The summed E-state index contributed by atoms with van der Waals surface area (Å²) < 4.78 is 5.66. The van der Waals surface area contributed by atoms with Crippen LogP contribution in [0.4, 0.5) is 0 Å². The Morgan fingerprint density at radius 2 is 2.25 bits per heavy atom. The summed E-state index contributed by atoms with van der Waals surface area (Å²) in [6.45, 7) is 2.23. The van der Waals surface area contributed by atoms with Crippen LogP contribution in [0.3, 0.4) is 0 Å². The highest BCUT2D eigenvalue weighted by atomic mass is 16.5. The van der Waals surface area contributed by atoms with Gasteiger partial charge in [-0.25, -0.2) is 0 Å². The van der Waals surface area contributed by atoms with Gasteiger partial charge in [-0.05, 0) is 37.3 Å². The number of hydrogen-bond acceptors (Lipinski definition) is 3. The van der Waals surface area contributed by atoms with Crippen molar-refractivity contribution in [3.05, 3.63) is 29.3 Å². The molecule has 16 heavy (non-hydrogen) atoms. The Balaban J connectivity index is 2.11. The fourth-order valence-electron chi connectivity index (χ4n) is 1.51. The number of aliphatic hydroxyl groups excluding tert-OH is 1. The Labute approximate surface area is 95.0 Å². The summed E-state index contributed by atoms with van der Waals surface area (Å²) in [6.07, 6.45) is 2.49. The second-order valence-electron chi connectivity index (χ2n) is 4.32. The predicted molar refractivity (Wildman–Crippen MR) is 60.8 cm³/mol. The lowest BCUT2D eigenvalue weighted by Crippen LogP contribution is -2.06. The highest BCUT2D eigenvalue weighted by Gasteiger charge is 2.22. The molecule has 1 saturated carbocycles. The van der Waals surface area contributed by atoms with E-state index in [0.717, 1.165) is 17.9 Å². The molecule has 0 atom stereocenters. The van der Waals surface area contributed by atoms with E-state index in [1.807, 2.05) is 13.0 Å². The van der Waals surface area contributed by atoms with E-state index >= 15 is 0 Å². The number of rotatable bonds is 5. The smallest absolute Gasteiger partial charge is 0.188 e. The fourth-order valence-corrected chi connectivity index (χ4v) is 1.51. The quantitative estimate of drug-likeness (QED) is 0.771. The molecule has 1 fully saturated rings. The summed E-state index contributed by atoms with van der Waals surface area (Å²) in [4.78, 5) is 11.3. The number of Topliss-reactive ketones (excluding diaryl/α,β-unsaturated/α-hetero) is 1. The fraction of sp³-hybridized carbons (Fsp3) is 0.462. The molecule has 0 aliphatic heterocycles. The van der Waals surface area contributed by atoms with Crippen molar-refractivity contribution < 1.29 is 14.6 Å². The van der Waals surface area contributed by atoms with Crippen LogP contribution >= 0.6 is 0 Å². The molecular formula is C13H16O3. The molecule has 0 aromatic heterocycles. The average Bonchev–Trinajstić information content (AvgIpc) is 3.11. The largest absolute Gasteiger partial charge is 0.493 e. The van der Waals surface area contributed by atoms with Crippen LogP contribution in [-0.4, -0.2) is 24.1 Å². The van der Waals surface area contributed by atoms with E-state index in [0.29, 0.717) is 11.5 Å². The van der Waals surface area contributed by atoms with Gasteiger partial charge in [0.2, 0.25) is 0 Å². The molecule has 1 aromatic carbocycles. The minimum atomic E-state index is -0.453. The van der Waals surface area contributed by atoms with Gasteiger partial charge < -0.3 is 9.84 Å². The lowest BCUT2D eigenvalue weighted by Gasteiger charge is -2.09. The van der Waals surface area contributed by atoms with Crippen molar-refractivity contribution in [1.29, 1.82) is 0 Å². The standard InChI is InChI=1S/C13H16O3/c1-9-2-5-11(12(15)7-14)6-13(9)16-8-10-3-4-10/h2,5-6,10,14H,3-4,7-8H2,1H3. The molecule has 0 radical (unpaired) electrons. The zero-order chi connectivity index (χ0) is 11.5. The summed E-state index contributed by atoms with van der Waals surface area (Å²) in [5.41, 5.74) is 1.54. The molecule has 0 bridgehead atoms. The summed E-state index contributed by atoms with van der Waals surface area (Å²) in [5.74, 6) is 1.18. The van der Waals surface area contributed by atoms with Crippen LogP contribution in [0.15, 0.2) is 18.2 Å². The number of benzene rings is 1. The molecule has 2 rings (SSSR count). The molecule has 1 aromatic rings. The number of carbonyl (C=O) groups is 1. The molecule has 0 spiro atoms.